The van der Waals surface area contributed by atoms with E-state index < -0.39 is 6.10 Å². The van der Waals surface area contributed by atoms with Gasteiger partial charge in [0.1, 0.15) is 6.10 Å². The summed E-state index contributed by atoms with van der Waals surface area (Å²) in [4.78, 5) is 12.2. The molecule has 0 aromatic carbocycles. The fraction of sp³-hybridized carbons (Fsp3) is 0.941. The van der Waals surface area contributed by atoms with Crippen molar-refractivity contribution < 1.29 is 9.53 Å². The van der Waals surface area contributed by atoms with Gasteiger partial charge in [0.2, 0.25) is 5.91 Å². The third kappa shape index (κ3) is 5.59. The minimum Gasteiger partial charge on any atom is -0.361 e. The van der Waals surface area contributed by atoms with E-state index >= 15 is 0 Å². The number of ether oxygens (including phenoxy) is 1. The predicted molar refractivity (Wildman–Crippen MR) is 87.1 cm³/mol. The van der Waals surface area contributed by atoms with Crippen LogP contribution in [0, 0.1) is 5.92 Å². The Bertz CT molecular complexity index is 312. The number of carbonyl (C=O) groups is 1. The first kappa shape index (κ1) is 18.4. The minimum absolute atomic E-state index is 0.0126. The van der Waals surface area contributed by atoms with Gasteiger partial charge in [-0.2, -0.15) is 0 Å². The SMILES string of the molecule is CCCC(C)NC(=O)C(C)OC1(CN)CCC(CC)CC1. The van der Waals surface area contributed by atoms with Crippen molar-refractivity contribution in [3.63, 3.8) is 0 Å². The molecule has 2 unspecified atom stereocenters. The first-order valence-electron chi connectivity index (χ1n) is 8.64. The van der Waals surface area contributed by atoms with Crippen molar-refractivity contribution in [1.82, 2.24) is 5.32 Å². The lowest BCUT2D eigenvalue weighted by Crippen LogP contribution is -2.50. The van der Waals surface area contributed by atoms with Crippen molar-refractivity contribution >= 4 is 5.91 Å². The quantitative estimate of drug-likeness (QED) is 0.724. The van der Waals surface area contributed by atoms with Crippen molar-refractivity contribution in [3.05, 3.63) is 0 Å². The molecule has 3 N–H and O–H groups in total. The molecule has 0 radical (unpaired) electrons. The number of hydrogen-bond acceptors (Lipinski definition) is 3. The summed E-state index contributed by atoms with van der Waals surface area (Å²) in [6.07, 6.45) is 7.15. The van der Waals surface area contributed by atoms with Gasteiger partial charge in [0.05, 0.1) is 5.60 Å². The van der Waals surface area contributed by atoms with Gasteiger partial charge in [-0.05, 0) is 51.9 Å². The summed E-state index contributed by atoms with van der Waals surface area (Å²) in [5.41, 5.74) is 5.67. The summed E-state index contributed by atoms with van der Waals surface area (Å²) in [5, 5.41) is 3.03. The van der Waals surface area contributed by atoms with E-state index in [0.29, 0.717) is 6.54 Å². The van der Waals surface area contributed by atoms with E-state index in [1.807, 2.05) is 13.8 Å². The highest BCUT2D eigenvalue weighted by Crippen LogP contribution is 2.36. The number of rotatable bonds is 8. The van der Waals surface area contributed by atoms with Crippen molar-refractivity contribution in [1.29, 1.82) is 0 Å². The summed E-state index contributed by atoms with van der Waals surface area (Å²) in [5.74, 6) is 0.781. The highest BCUT2D eigenvalue weighted by Gasteiger charge is 2.37. The van der Waals surface area contributed by atoms with Gasteiger partial charge in [0.25, 0.3) is 0 Å². The Kier molecular flexibility index (Phi) is 7.67. The molecular weight excluding hydrogens is 264 g/mol. The lowest BCUT2D eigenvalue weighted by Gasteiger charge is -2.40. The van der Waals surface area contributed by atoms with Crippen LogP contribution in [0.3, 0.4) is 0 Å². The Morgan fingerprint density at radius 1 is 1.33 bits per heavy atom. The molecule has 4 nitrogen and oxygen atoms in total. The zero-order valence-corrected chi connectivity index (χ0v) is 14.3. The van der Waals surface area contributed by atoms with Gasteiger partial charge in [0.15, 0.2) is 0 Å². The monoisotopic (exact) mass is 298 g/mol. The Balaban J connectivity index is 2.50. The topological polar surface area (TPSA) is 64.3 Å². The lowest BCUT2D eigenvalue weighted by atomic mass is 9.77. The molecule has 1 fully saturated rings. The molecule has 0 aliphatic heterocycles. The Hall–Kier alpha value is -0.610. The van der Waals surface area contributed by atoms with E-state index in [0.717, 1.165) is 44.4 Å². The molecule has 0 aromatic rings. The molecule has 0 saturated heterocycles. The van der Waals surface area contributed by atoms with Gasteiger partial charge >= 0.3 is 0 Å². The van der Waals surface area contributed by atoms with Crippen molar-refractivity contribution in [2.75, 3.05) is 6.54 Å². The summed E-state index contributed by atoms with van der Waals surface area (Å²) in [7, 11) is 0. The molecule has 1 amide bonds. The third-order valence-electron chi connectivity index (χ3n) is 4.87. The fourth-order valence-electron chi connectivity index (χ4n) is 3.28. The van der Waals surface area contributed by atoms with Crippen LogP contribution >= 0.6 is 0 Å². The Morgan fingerprint density at radius 2 is 1.95 bits per heavy atom. The minimum atomic E-state index is -0.425. The number of nitrogens with two attached hydrogens (primary N) is 1. The molecule has 1 saturated carbocycles. The summed E-state index contributed by atoms with van der Waals surface area (Å²) < 4.78 is 6.12. The van der Waals surface area contributed by atoms with Gasteiger partial charge in [-0.25, -0.2) is 0 Å². The molecule has 0 bridgehead atoms. The standard InChI is InChI=1S/C17H34N2O2/c1-5-7-13(3)19-16(20)14(4)21-17(12-18)10-8-15(6-2)9-11-17/h13-15H,5-12,18H2,1-4H3,(H,19,20). The van der Waals surface area contributed by atoms with Crippen LogP contribution in [0.25, 0.3) is 0 Å². The van der Waals surface area contributed by atoms with Gasteiger partial charge in [0, 0.05) is 12.6 Å². The third-order valence-corrected chi connectivity index (χ3v) is 4.87. The molecule has 2 atom stereocenters. The summed E-state index contributed by atoms with van der Waals surface area (Å²) >= 11 is 0. The first-order chi connectivity index (χ1) is 9.96. The highest BCUT2D eigenvalue weighted by molar-refractivity contribution is 5.80. The van der Waals surface area contributed by atoms with E-state index in [2.05, 4.69) is 19.2 Å². The smallest absolute Gasteiger partial charge is 0.249 e. The molecule has 4 heteroatoms. The molecule has 0 aromatic heterocycles. The van der Waals surface area contributed by atoms with Gasteiger partial charge < -0.3 is 15.8 Å². The highest BCUT2D eigenvalue weighted by atomic mass is 16.5. The normalized spacial score (nSPS) is 28.9. The van der Waals surface area contributed by atoms with E-state index in [4.69, 9.17) is 10.5 Å². The van der Waals surface area contributed by atoms with Crippen LogP contribution in [-0.2, 0) is 9.53 Å². The predicted octanol–water partition coefficient (Wildman–Crippen LogP) is 2.99. The Morgan fingerprint density at radius 3 is 2.43 bits per heavy atom. The Labute approximate surface area is 130 Å². The van der Waals surface area contributed by atoms with Crippen LogP contribution < -0.4 is 11.1 Å². The fourth-order valence-corrected chi connectivity index (χ4v) is 3.28. The number of carbonyl (C=O) groups excluding carboxylic acids is 1. The van der Waals surface area contributed by atoms with Crippen LogP contribution in [0.2, 0.25) is 0 Å². The number of nitrogens with one attached hydrogen (secondary N) is 1. The summed E-state index contributed by atoms with van der Waals surface area (Å²) in [6.45, 7) is 8.76. The van der Waals surface area contributed by atoms with E-state index in [1.165, 1.54) is 6.42 Å². The second-order valence-electron chi connectivity index (χ2n) is 6.70. The maximum Gasteiger partial charge on any atom is 0.249 e. The van der Waals surface area contributed by atoms with Crippen molar-refractivity contribution in [3.8, 4) is 0 Å². The average Bonchev–Trinajstić information content (AvgIpc) is 2.48. The zero-order valence-electron chi connectivity index (χ0n) is 14.3. The molecular formula is C17H34N2O2. The van der Waals surface area contributed by atoms with E-state index in [-0.39, 0.29) is 17.6 Å². The molecule has 124 valence electrons. The van der Waals surface area contributed by atoms with Crippen LogP contribution in [0.4, 0.5) is 0 Å². The summed E-state index contributed by atoms with van der Waals surface area (Å²) in [6, 6.07) is 0.207. The van der Waals surface area contributed by atoms with E-state index in [9.17, 15) is 4.79 Å². The van der Waals surface area contributed by atoms with Crippen molar-refractivity contribution in [2.45, 2.75) is 90.4 Å². The maximum absolute atomic E-state index is 12.2. The van der Waals surface area contributed by atoms with Gasteiger partial charge in [-0.1, -0.05) is 26.7 Å². The largest absolute Gasteiger partial charge is 0.361 e. The maximum atomic E-state index is 12.2. The molecule has 1 aliphatic rings. The first-order valence-corrected chi connectivity index (χ1v) is 8.64. The zero-order chi connectivity index (χ0) is 15.9. The lowest BCUT2D eigenvalue weighted by molar-refractivity contribution is -0.151. The second kappa shape index (κ2) is 8.74. The van der Waals surface area contributed by atoms with Crippen LogP contribution in [0.5, 0.6) is 0 Å². The number of hydrogen-bond donors (Lipinski definition) is 2. The molecule has 1 aliphatic carbocycles. The molecule has 21 heavy (non-hydrogen) atoms. The molecule has 0 heterocycles. The van der Waals surface area contributed by atoms with Crippen molar-refractivity contribution in [2.24, 2.45) is 11.7 Å². The molecule has 0 spiro atoms. The number of amides is 1. The molecule has 1 rings (SSSR count). The van der Waals surface area contributed by atoms with Gasteiger partial charge in [-0.3, -0.25) is 4.79 Å². The van der Waals surface area contributed by atoms with E-state index in [1.54, 1.807) is 0 Å². The van der Waals surface area contributed by atoms with Crippen LogP contribution in [0.1, 0.15) is 72.6 Å². The van der Waals surface area contributed by atoms with Crippen LogP contribution in [0.15, 0.2) is 0 Å². The second-order valence-corrected chi connectivity index (χ2v) is 6.70. The average molecular weight is 298 g/mol. The van der Waals surface area contributed by atoms with Gasteiger partial charge in [-0.15, -0.1) is 0 Å². The van der Waals surface area contributed by atoms with Crippen LogP contribution in [-0.4, -0.2) is 30.2 Å².